The highest BCUT2D eigenvalue weighted by Gasteiger charge is 2.10. The van der Waals surface area contributed by atoms with Crippen LogP contribution in [0.2, 0.25) is 0 Å². The van der Waals surface area contributed by atoms with Gasteiger partial charge in [0, 0.05) is 30.7 Å². The molecule has 0 saturated carbocycles. The molecule has 0 radical (unpaired) electrons. The van der Waals surface area contributed by atoms with Gasteiger partial charge in [-0.3, -0.25) is 9.88 Å². The Morgan fingerprint density at radius 1 is 1.23 bits per heavy atom. The summed E-state index contributed by atoms with van der Waals surface area (Å²) in [7, 11) is 3.96. The first-order valence-corrected chi connectivity index (χ1v) is 7.10. The second-order valence-corrected chi connectivity index (χ2v) is 5.61. The van der Waals surface area contributed by atoms with Gasteiger partial charge in [-0.25, -0.2) is 4.39 Å². The molecule has 0 spiro atoms. The van der Waals surface area contributed by atoms with Gasteiger partial charge in [0.15, 0.2) is 0 Å². The number of hydrogen-bond donors (Lipinski definition) is 0. The van der Waals surface area contributed by atoms with E-state index in [9.17, 15) is 4.39 Å². The Labute approximate surface area is 128 Å². The van der Waals surface area contributed by atoms with Gasteiger partial charge in [0.1, 0.15) is 18.0 Å². The molecule has 0 aliphatic rings. The van der Waals surface area contributed by atoms with Crippen LogP contribution in [0, 0.1) is 12.7 Å². The summed E-state index contributed by atoms with van der Waals surface area (Å²) in [5.74, 6) is 0.646. The number of aryl methyl sites for hydroxylation is 2. The maximum absolute atomic E-state index is 13.4. The van der Waals surface area contributed by atoms with Crippen LogP contribution in [-0.4, -0.2) is 31.7 Å². The van der Waals surface area contributed by atoms with Gasteiger partial charge in [-0.1, -0.05) is 0 Å². The molecular weight excluding hydrogens is 281 g/mol. The molecule has 0 bridgehead atoms. The number of hydrogen-bond acceptors (Lipinski definition) is 4. The van der Waals surface area contributed by atoms with Crippen LogP contribution in [-0.2, 0) is 20.1 Å². The number of aromatic nitrogens is 4. The largest absolute Gasteiger partial charge is 0.320 e. The van der Waals surface area contributed by atoms with Crippen LogP contribution in [0.25, 0.3) is 10.9 Å². The van der Waals surface area contributed by atoms with Gasteiger partial charge in [0.25, 0.3) is 0 Å². The highest BCUT2D eigenvalue weighted by atomic mass is 19.1. The zero-order chi connectivity index (χ0) is 15.7. The summed E-state index contributed by atoms with van der Waals surface area (Å²) in [4.78, 5) is 6.56. The van der Waals surface area contributed by atoms with Crippen LogP contribution in [0.5, 0.6) is 0 Å². The summed E-state index contributed by atoms with van der Waals surface area (Å²) < 4.78 is 15.3. The van der Waals surface area contributed by atoms with Crippen LogP contribution in [0.15, 0.2) is 30.6 Å². The van der Waals surface area contributed by atoms with Crippen molar-refractivity contribution in [1.82, 2.24) is 24.6 Å². The average Bonchev–Trinajstić information content (AvgIpc) is 2.83. The fourth-order valence-corrected chi connectivity index (χ4v) is 2.59. The molecule has 0 aliphatic heterocycles. The SMILES string of the molecule is Cc1cc(CN(C)Cc2nncn2C)c2ccc(F)cc2n1. The van der Waals surface area contributed by atoms with Gasteiger partial charge in [-0.05, 0) is 37.7 Å². The van der Waals surface area contributed by atoms with E-state index in [1.165, 1.54) is 12.1 Å². The predicted octanol–water partition coefficient (Wildman–Crippen LogP) is 2.44. The number of halogens is 1. The lowest BCUT2D eigenvalue weighted by atomic mass is 10.1. The third-order valence-electron chi connectivity index (χ3n) is 3.64. The number of pyridine rings is 1. The Bertz CT molecular complexity index is 806. The maximum atomic E-state index is 13.4. The lowest BCUT2D eigenvalue weighted by Gasteiger charge is -2.17. The minimum atomic E-state index is -0.260. The number of benzene rings is 1. The lowest BCUT2D eigenvalue weighted by Crippen LogP contribution is -2.20. The number of rotatable bonds is 4. The quantitative estimate of drug-likeness (QED) is 0.742. The molecule has 2 heterocycles. The number of fused-ring (bicyclic) bond motifs is 1. The second kappa shape index (κ2) is 5.81. The molecule has 0 N–H and O–H groups in total. The minimum Gasteiger partial charge on any atom is -0.320 e. The Balaban J connectivity index is 1.88. The Kier molecular flexibility index (Phi) is 3.85. The predicted molar refractivity (Wildman–Crippen MR) is 82.6 cm³/mol. The van der Waals surface area contributed by atoms with Crippen molar-refractivity contribution in [2.45, 2.75) is 20.0 Å². The fourth-order valence-electron chi connectivity index (χ4n) is 2.59. The van der Waals surface area contributed by atoms with Crippen LogP contribution in [0.1, 0.15) is 17.1 Å². The van der Waals surface area contributed by atoms with E-state index in [4.69, 9.17) is 0 Å². The van der Waals surface area contributed by atoms with Crippen LogP contribution < -0.4 is 0 Å². The summed E-state index contributed by atoms with van der Waals surface area (Å²) in [5, 5.41) is 8.97. The standard InChI is InChI=1S/C16H18FN5/c1-11-6-12(14-5-4-13(17)7-15(14)19-11)8-21(2)9-16-20-18-10-22(16)3/h4-7,10H,8-9H2,1-3H3. The van der Waals surface area contributed by atoms with E-state index in [2.05, 4.69) is 20.1 Å². The lowest BCUT2D eigenvalue weighted by molar-refractivity contribution is 0.307. The minimum absolute atomic E-state index is 0.260. The summed E-state index contributed by atoms with van der Waals surface area (Å²) >= 11 is 0. The summed E-state index contributed by atoms with van der Waals surface area (Å²) in [5.41, 5.74) is 2.72. The Hall–Kier alpha value is -2.34. The van der Waals surface area contributed by atoms with Gasteiger partial charge in [-0.2, -0.15) is 0 Å². The van der Waals surface area contributed by atoms with E-state index in [0.29, 0.717) is 12.1 Å². The monoisotopic (exact) mass is 299 g/mol. The van der Waals surface area contributed by atoms with Crippen molar-refractivity contribution in [2.24, 2.45) is 7.05 Å². The molecule has 0 saturated heterocycles. The Morgan fingerprint density at radius 3 is 2.77 bits per heavy atom. The first-order chi connectivity index (χ1) is 10.5. The molecular formula is C16H18FN5. The molecule has 22 heavy (non-hydrogen) atoms. The van der Waals surface area contributed by atoms with Crippen molar-refractivity contribution >= 4 is 10.9 Å². The van der Waals surface area contributed by atoms with Crippen LogP contribution in [0.3, 0.4) is 0 Å². The average molecular weight is 299 g/mol. The zero-order valence-corrected chi connectivity index (χ0v) is 12.9. The highest BCUT2D eigenvalue weighted by molar-refractivity contribution is 5.82. The maximum Gasteiger partial charge on any atom is 0.146 e. The summed E-state index contributed by atoms with van der Waals surface area (Å²) in [6.07, 6.45) is 1.69. The highest BCUT2D eigenvalue weighted by Crippen LogP contribution is 2.21. The van der Waals surface area contributed by atoms with Gasteiger partial charge in [-0.15, -0.1) is 10.2 Å². The van der Waals surface area contributed by atoms with Crippen LogP contribution in [0.4, 0.5) is 4.39 Å². The Morgan fingerprint density at radius 2 is 2.05 bits per heavy atom. The van der Waals surface area contributed by atoms with Gasteiger partial charge in [0.05, 0.1) is 12.1 Å². The molecule has 0 amide bonds. The molecule has 1 aromatic carbocycles. The van der Waals surface area contributed by atoms with E-state index in [0.717, 1.165) is 29.0 Å². The molecule has 0 fully saturated rings. The fraction of sp³-hybridized carbons (Fsp3) is 0.312. The zero-order valence-electron chi connectivity index (χ0n) is 12.9. The van der Waals surface area contributed by atoms with Gasteiger partial charge < -0.3 is 4.57 Å². The van der Waals surface area contributed by atoms with E-state index >= 15 is 0 Å². The number of nitrogens with zero attached hydrogens (tertiary/aromatic N) is 5. The van der Waals surface area contributed by atoms with E-state index in [-0.39, 0.29) is 5.82 Å². The van der Waals surface area contributed by atoms with Crippen molar-refractivity contribution in [3.63, 3.8) is 0 Å². The molecule has 0 aliphatic carbocycles. The third-order valence-corrected chi connectivity index (χ3v) is 3.64. The normalized spacial score (nSPS) is 11.5. The van der Waals surface area contributed by atoms with Gasteiger partial charge >= 0.3 is 0 Å². The molecule has 6 heteroatoms. The van der Waals surface area contributed by atoms with Crippen molar-refractivity contribution in [1.29, 1.82) is 0 Å². The van der Waals surface area contributed by atoms with Crippen molar-refractivity contribution < 1.29 is 4.39 Å². The molecule has 2 aromatic heterocycles. The van der Waals surface area contributed by atoms with Gasteiger partial charge in [0.2, 0.25) is 0 Å². The van der Waals surface area contributed by atoms with Crippen molar-refractivity contribution in [3.8, 4) is 0 Å². The summed E-state index contributed by atoms with van der Waals surface area (Å²) in [6, 6.07) is 6.80. The molecule has 5 nitrogen and oxygen atoms in total. The first kappa shape index (κ1) is 14.6. The smallest absolute Gasteiger partial charge is 0.146 e. The third kappa shape index (κ3) is 2.96. The molecule has 0 atom stereocenters. The molecule has 0 unspecified atom stereocenters. The van der Waals surface area contributed by atoms with E-state index in [1.807, 2.05) is 31.7 Å². The topological polar surface area (TPSA) is 46.8 Å². The molecule has 3 aromatic rings. The van der Waals surface area contributed by atoms with Crippen molar-refractivity contribution in [2.75, 3.05) is 7.05 Å². The first-order valence-electron chi connectivity index (χ1n) is 7.10. The van der Waals surface area contributed by atoms with E-state index in [1.54, 1.807) is 12.4 Å². The summed E-state index contributed by atoms with van der Waals surface area (Å²) in [6.45, 7) is 3.36. The van der Waals surface area contributed by atoms with E-state index < -0.39 is 0 Å². The van der Waals surface area contributed by atoms with Crippen LogP contribution >= 0.6 is 0 Å². The molecule has 3 rings (SSSR count). The van der Waals surface area contributed by atoms with Crippen molar-refractivity contribution in [3.05, 3.63) is 53.5 Å². The molecule has 114 valence electrons. The second-order valence-electron chi connectivity index (χ2n) is 5.61.